The molecule has 17 heavy (non-hydrogen) atoms. The average Bonchev–Trinajstić information content (AvgIpc) is 2.81. The van der Waals surface area contributed by atoms with Gasteiger partial charge < -0.3 is 9.84 Å². The molecular weight excluding hydrogens is 216 g/mol. The molecule has 1 N–H and O–H groups in total. The Hall–Kier alpha value is -1.78. The molecule has 0 fully saturated rings. The quantitative estimate of drug-likeness (QED) is 0.881. The highest BCUT2D eigenvalue weighted by Crippen LogP contribution is 2.18. The van der Waals surface area contributed by atoms with E-state index in [1.165, 1.54) is 0 Å². The Morgan fingerprint density at radius 2 is 2.18 bits per heavy atom. The summed E-state index contributed by atoms with van der Waals surface area (Å²) < 4.78 is 6.96. The summed E-state index contributed by atoms with van der Waals surface area (Å²) in [6.07, 6.45) is 2.92. The van der Waals surface area contributed by atoms with Crippen molar-refractivity contribution in [2.24, 2.45) is 7.05 Å². The van der Waals surface area contributed by atoms with Gasteiger partial charge in [-0.2, -0.15) is 5.10 Å². The molecule has 0 aromatic carbocycles. The average molecular weight is 234 g/mol. The third kappa shape index (κ3) is 2.33. The number of hydrogen-bond acceptors (Lipinski definition) is 4. The molecule has 2 aromatic rings. The maximum absolute atomic E-state index is 5.13. The first-order chi connectivity index (χ1) is 8.11. The van der Waals surface area contributed by atoms with Gasteiger partial charge in [0.15, 0.2) is 0 Å². The van der Waals surface area contributed by atoms with E-state index in [2.05, 4.69) is 22.5 Å². The molecular formula is C12H18N4O. The number of hydrogen-bond donors (Lipinski definition) is 1. The maximum Gasteiger partial charge on any atom is 0.138 e. The third-order valence-electron chi connectivity index (χ3n) is 2.88. The fourth-order valence-electron chi connectivity index (χ4n) is 1.88. The van der Waals surface area contributed by atoms with Gasteiger partial charge in [0.2, 0.25) is 0 Å². The zero-order chi connectivity index (χ0) is 12.4. The van der Waals surface area contributed by atoms with Crippen LogP contribution in [0.15, 0.2) is 10.7 Å². The van der Waals surface area contributed by atoms with Crippen LogP contribution in [-0.4, -0.2) is 14.9 Å². The topological polar surface area (TPSA) is 55.9 Å². The van der Waals surface area contributed by atoms with E-state index in [4.69, 9.17) is 4.52 Å². The van der Waals surface area contributed by atoms with Gasteiger partial charge in [0.05, 0.1) is 17.1 Å². The van der Waals surface area contributed by atoms with Gasteiger partial charge >= 0.3 is 0 Å². The standard InChI is InChI=1S/C12H18N4O/c1-5-11-12(7-16(4)14-11)13-6-10-8(2)15-17-9(10)3/h7,13H,5-6H2,1-4H3. The van der Waals surface area contributed by atoms with Crippen LogP contribution >= 0.6 is 0 Å². The summed E-state index contributed by atoms with van der Waals surface area (Å²) in [7, 11) is 1.93. The van der Waals surface area contributed by atoms with Crippen molar-refractivity contribution in [1.82, 2.24) is 14.9 Å². The summed E-state index contributed by atoms with van der Waals surface area (Å²) in [5.41, 5.74) is 4.22. The molecule has 2 heterocycles. The first-order valence-electron chi connectivity index (χ1n) is 5.80. The van der Waals surface area contributed by atoms with Crippen LogP contribution in [0, 0.1) is 13.8 Å². The zero-order valence-corrected chi connectivity index (χ0v) is 10.7. The smallest absolute Gasteiger partial charge is 0.138 e. The first-order valence-corrected chi connectivity index (χ1v) is 5.80. The van der Waals surface area contributed by atoms with Crippen molar-refractivity contribution in [2.45, 2.75) is 33.7 Å². The highest BCUT2D eigenvalue weighted by Gasteiger charge is 2.10. The summed E-state index contributed by atoms with van der Waals surface area (Å²) in [5, 5.41) is 11.7. The van der Waals surface area contributed by atoms with Crippen LogP contribution in [0.4, 0.5) is 5.69 Å². The van der Waals surface area contributed by atoms with Crippen molar-refractivity contribution in [1.29, 1.82) is 0 Å². The largest absolute Gasteiger partial charge is 0.378 e. The lowest BCUT2D eigenvalue weighted by Crippen LogP contribution is -2.02. The highest BCUT2D eigenvalue weighted by atomic mass is 16.5. The number of aryl methyl sites for hydroxylation is 4. The molecule has 92 valence electrons. The summed E-state index contributed by atoms with van der Waals surface area (Å²) in [4.78, 5) is 0. The minimum absolute atomic E-state index is 0.722. The van der Waals surface area contributed by atoms with Gasteiger partial charge in [-0.3, -0.25) is 4.68 Å². The highest BCUT2D eigenvalue weighted by molar-refractivity contribution is 5.47. The lowest BCUT2D eigenvalue weighted by molar-refractivity contribution is 0.392. The van der Waals surface area contributed by atoms with Crippen molar-refractivity contribution in [3.05, 3.63) is 28.9 Å². The number of nitrogens with one attached hydrogen (secondary N) is 1. The van der Waals surface area contributed by atoms with Gasteiger partial charge in [-0.25, -0.2) is 0 Å². The summed E-state index contributed by atoms with van der Waals surface area (Å²) in [6, 6.07) is 0. The fraction of sp³-hybridized carbons (Fsp3) is 0.500. The fourth-order valence-corrected chi connectivity index (χ4v) is 1.88. The van der Waals surface area contributed by atoms with Gasteiger partial charge in [-0.1, -0.05) is 12.1 Å². The molecule has 0 amide bonds. The third-order valence-corrected chi connectivity index (χ3v) is 2.88. The molecule has 0 bridgehead atoms. The van der Waals surface area contributed by atoms with Crippen molar-refractivity contribution < 1.29 is 4.52 Å². The Bertz CT molecular complexity index is 493. The molecule has 0 radical (unpaired) electrons. The van der Waals surface area contributed by atoms with E-state index in [-0.39, 0.29) is 0 Å². The van der Waals surface area contributed by atoms with Crippen LogP contribution in [0.3, 0.4) is 0 Å². The molecule has 0 aliphatic carbocycles. The summed E-state index contributed by atoms with van der Waals surface area (Å²) in [5.74, 6) is 0.872. The van der Waals surface area contributed by atoms with E-state index in [1.807, 2.05) is 31.8 Å². The van der Waals surface area contributed by atoms with E-state index >= 15 is 0 Å². The van der Waals surface area contributed by atoms with Gasteiger partial charge in [0.25, 0.3) is 0 Å². The second kappa shape index (κ2) is 4.61. The molecule has 0 atom stereocenters. The van der Waals surface area contributed by atoms with Gasteiger partial charge in [0, 0.05) is 25.4 Å². The number of anilines is 1. The SMILES string of the molecule is CCc1nn(C)cc1NCc1c(C)noc1C. The summed E-state index contributed by atoms with van der Waals surface area (Å²) >= 11 is 0. The van der Waals surface area contributed by atoms with Crippen LogP contribution in [0.2, 0.25) is 0 Å². The van der Waals surface area contributed by atoms with Crippen molar-refractivity contribution in [2.75, 3.05) is 5.32 Å². The zero-order valence-electron chi connectivity index (χ0n) is 10.7. The molecule has 0 unspecified atom stereocenters. The molecule has 0 spiro atoms. The van der Waals surface area contributed by atoms with Crippen LogP contribution < -0.4 is 5.32 Å². The first kappa shape index (κ1) is 11.7. The van der Waals surface area contributed by atoms with Crippen LogP contribution in [0.25, 0.3) is 0 Å². The predicted octanol–water partition coefficient (Wildman–Crippen LogP) is 2.20. The molecule has 0 aliphatic rings. The van der Waals surface area contributed by atoms with Gasteiger partial charge in [-0.15, -0.1) is 0 Å². The molecule has 2 rings (SSSR count). The van der Waals surface area contributed by atoms with E-state index in [9.17, 15) is 0 Å². The van der Waals surface area contributed by atoms with E-state index in [0.29, 0.717) is 0 Å². The normalized spacial score (nSPS) is 10.8. The second-order valence-electron chi connectivity index (χ2n) is 4.17. The Labute approximate surface area is 101 Å². The second-order valence-corrected chi connectivity index (χ2v) is 4.17. The van der Waals surface area contributed by atoms with Crippen LogP contribution in [-0.2, 0) is 20.0 Å². The Morgan fingerprint density at radius 1 is 1.41 bits per heavy atom. The Balaban J connectivity index is 2.12. The lowest BCUT2D eigenvalue weighted by atomic mass is 10.2. The van der Waals surface area contributed by atoms with E-state index < -0.39 is 0 Å². The minimum atomic E-state index is 0.722. The summed E-state index contributed by atoms with van der Waals surface area (Å²) in [6.45, 7) is 6.71. The number of rotatable bonds is 4. The van der Waals surface area contributed by atoms with Crippen molar-refractivity contribution >= 4 is 5.69 Å². The molecule has 0 aliphatic heterocycles. The molecule has 2 aromatic heterocycles. The van der Waals surface area contributed by atoms with Crippen LogP contribution in [0.5, 0.6) is 0 Å². The lowest BCUT2D eigenvalue weighted by Gasteiger charge is -2.04. The van der Waals surface area contributed by atoms with Crippen molar-refractivity contribution in [3.8, 4) is 0 Å². The van der Waals surface area contributed by atoms with Crippen molar-refractivity contribution in [3.63, 3.8) is 0 Å². The number of aromatic nitrogens is 3. The minimum Gasteiger partial charge on any atom is -0.378 e. The van der Waals surface area contributed by atoms with Gasteiger partial charge in [-0.05, 0) is 20.3 Å². The number of nitrogens with zero attached hydrogens (tertiary/aromatic N) is 3. The maximum atomic E-state index is 5.13. The molecule has 5 nitrogen and oxygen atoms in total. The molecule has 5 heteroatoms. The molecule has 0 saturated heterocycles. The molecule has 0 saturated carbocycles. The predicted molar refractivity (Wildman–Crippen MR) is 65.9 cm³/mol. The van der Waals surface area contributed by atoms with E-state index in [1.54, 1.807) is 0 Å². The van der Waals surface area contributed by atoms with Gasteiger partial charge in [0.1, 0.15) is 5.76 Å². The van der Waals surface area contributed by atoms with Crippen LogP contribution in [0.1, 0.15) is 29.6 Å². The Kier molecular flexibility index (Phi) is 3.17. The van der Waals surface area contributed by atoms with E-state index in [0.717, 1.165) is 41.4 Å². The monoisotopic (exact) mass is 234 g/mol. The Morgan fingerprint density at radius 3 is 2.76 bits per heavy atom.